The van der Waals surface area contributed by atoms with Crippen molar-refractivity contribution in [2.75, 3.05) is 48.5 Å². The fourth-order valence-electron chi connectivity index (χ4n) is 8.57. The molecule has 0 bridgehead atoms. The normalized spacial score (nSPS) is 20.0. The third-order valence-corrected chi connectivity index (χ3v) is 13.5. The molecular formula is C53H61Cl2F3N8O7. The van der Waals surface area contributed by atoms with Crippen LogP contribution in [0.5, 0.6) is 11.5 Å². The number of methoxy groups -OCH3 is 1. The van der Waals surface area contributed by atoms with E-state index in [-0.39, 0.29) is 38.3 Å². The van der Waals surface area contributed by atoms with E-state index in [1.54, 1.807) is 67.7 Å². The molecule has 6 rings (SSSR count). The van der Waals surface area contributed by atoms with Crippen molar-refractivity contribution in [1.29, 1.82) is 0 Å². The molecule has 2 heterocycles. The van der Waals surface area contributed by atoms with E-state index < -0.39 is 95.5 Å². The summed E-state index contributed by atoms with van der Waals surface area (Å²) in [7, 11) is 10.1. The highest BCUT2D eigenvalue weighted by Gasteiger charge is 2.37. The smallest absolute Gasteiger partial charge is 0.247 e. The Morgan fingerprint density at radius 3 is 2.16 bits per heavy atom. The molecule has 0 aliphatic carbocycles. The van der Waals surface area contributed by atoms with E-state index in [9.17, 15) is 28.0 Å². The summed E-state index contributed by atoms with van der Waals surface area (Å²) >= 11 is 12.7. The van der Waals surface area contributed by atoms with Crippen LogP contribution in [0.25, 0.3) is 11.3 Å². The van der Waals surface area contributed by atoms with Gasteiger partial charge < -0.3 is 44.3 Å². The molecule has 20 heteroatoms. The van der Waals surface area contributed by atoms with Gasteiger partial charge in [-0.2, -0.15) is 0 Å². The van der Waals surface area contributed by atoms with Crippen LogP contribution in [0.3, 0.4) is 0 Å². The predicted octanol–water partition coefficient (Wildman–Crippen LogP) is 7.20. The molecule has 1 saturated heterocycles. The molecule has 5 aromatic rings. The van der Waals surface area contributed by atoms with E-state index in [2.05, 4.69) is 15.6 Å². The number of carbonyl (C=O) groups excluding carboxylic acids is 5. The van der Waals surface area contributed by atoms with E-state index in [0.717, 1.165) is 28.7 Å². The fourth-order valence-corrected chi connectivity index (χ4v) is 8.86. The van der Waals surface area contributed by atoms with Gasteiger partial charge >= 0.3 is 0 Å². The van der Waals surface area contributed by atoms with Crippen LogP contribution in [0.2, 0.25) is 10.0 Å². The number of aromatic nitrogens is 2. The first-order valence-corrected chi connectivity index (χ1v) is 24.4. The van der Waals surface area contributed by atoms with Crippen LogP contribution in [-0.4, -0.2) is 131 Å². The molecule has 1 fully saturated rings. The van der Waals surface area contributed by atoms with Gasteiger partial charge in [-0.25, -0.2) is 18.2 Å². The Bertz CT molecular complexity index is 2780. The largest absolute Gasteiger partial charge is 0.457 e. The monoisotopic (exact) mass is 1050 g/mol. The quantitative estimate of drug-likeness (QED) is 0.116. The van der Waals surface area contributed by atoms with Crippen LogP contribution in [0.1, 0.15) is 49.2 Å². The summed E-state index contributed by atoms with van der Waals surface area (Å²) in [5, 5.41) is 6.35. The molecule has 4 aromatic carbocycles. The van der Waals surface area contributed by atoms with E-state index in [1.807, 2.05) is 42.7 Å². The van der Waals surface area contributed by atoms with Crippen molar-refractivity contribution in [2.45, 2.75) is 76.8 Å². The third-order valence-electron chi connectivity index (χ3n) is 13.0. The minimum Gasteiger partial charge on any atom is -0.457 e. The lowest BCUT2D eigenvalue weighted by Gasteiger charge is -2.35. The highest BCUT2D eigenvalue weighted by atomic mass is 35.5. The number of nitrogens with zero attached hydrogens (tertiary/aromatic N) is 6. The molecule has 1 aliphatic heterocycles. The summed E-state index contributed by atoms with van der Waals surface area (Å²) in [5.41, 5.74) is 2.40. The zero-order valence-electron chi connectivity index (χ0n) is 42.1. The maximum absolute atomic E-state index is 15.4. The molecule has 15 nitrogen and oxygen atoms in total. The summed E-state index contributed by atoms with van der Waals surface area (Å²) in [6.07, 6.45) is 0.519. The molecular weight excluding hydrogens is 989 g/mol. The van der Waals surface area contributed by atoms with Crippen molar-refractivity contribution in [3.8, 4) is 22.8 Å². The molecule has 0 saturated carbocycles. The molecule has 0 unspecified atom stereocenters. The molecule has 1 aromatic heterocycles. The summed E-state index contributed by atoms with van der Waals surface area (Å²) in [6, 6.07) is 15.9. The van der Waals surface area contributed by atoms with Crippen molar-refractivity contribution >= 4 is 52.7 Å². The second-order valence-electron chi connectivity index (χ2n) is 18.7. The number of amides is 5. The lowest BCUT2D eigenvalue weighted by Crippen LogP contribution is -2.57. The topological polar surface area (TPSA) is 159 Å². The van der Waals surface area contributed by atoms with Gasteiger partial charge in [-0.3, -0.25) is 24.0 Å². The van der Waals surface area contributed by atoms with Crippen molar-refractivity contribution in [3.05, 3.63) is 135 Å². The van der Waals surface area contributed by atoms with Crippen LogP contribution in [-0.2, 0) is 61.7 Å². The number of imidazole rings is 1. The number of hydrogen-bond donors (Lipinski definition) is 2. The summed E-state index contributed by atoms with van der Waals surface area (Å²) < 4.78 is 58.5. The van der Waals surface area contributed by atoms with E-state index in [4.69, 9.17) is 32.7 Å². The van der Waals surface area contributed by atoms with Crippen LogP contribution in [0.15, 0.2) is 85.1 Å². The van der Waals surface area contributed by atoms with Gasteiger partial charge in [0.2, 0.25) is 29.5 Å². The van der Waals surface area contributed by atoms with Gasteiger partial charge in [-0.1, -0.05) is 41.4 Å². The second kappa shape index (κ2) is 25.0. The van der Waals surface area contributed by atoms with E-state index >= 15 is 9.18 Å². The standard InChI is InChI=1S/C53H61Cl2F3N8O7/c1-31-26-60-48(67)25-41(19-33-9-14-38(54)15-10-33)64(6)53(71)44(30-72-8)61-51(69)32(2)66(49(68)22-37(52(70)63(31)5)20-36-21-40(56)24-43(57)50(36)58)28-35-11-16-39(55)23-46(35)73-42-17-12-34(13-18-42)45-27-59-47(65(45)7)29-62(3)4/h9-18,21,23-24,27,31-32,37,41,44H,19-20,22,25-26,28-30H2,1-8H3,(H,60,67)(H,61,69)/t31-,32-,37+,41-,44-/m0/s1. The molecule has 2 N–H and O–H groups in total. The summed E-state index contributed by atoms with van der Waals surface area (Å²) in [6.45, 7) is 3.02. The Balaban J connectivity index is 1.39. The Morgan fingerprint density at radius 2 is 1.49 bits per heavy atom. The van der Waals surface area contributed by atoms with E-state index in [0.29, 0.717) is 34.0 Å². The van der Waals surface area contributed by atoms with Gasteiger partial charge in [0.1, 0.15) is 35.2 Å². The van der Waals surface area contributed by atoms with Crippen LogP contribution >= 0.6 is 23.2 Å². The number of ether oxygens (including phenoxy) is 2. The molecule has 5 atom stereocenters. The first-order valence-electron chi connectivity index (χ1n) is 23.6. The first-order chi connectivity index (χ1) is 34.6. The maximum Gasteiger partial charge on any atom is 0.247 e. The predicted molar refractivity (Wildman–Crippen MR) is 271 cm³/mol. The van der Waals surface area contributed by atoms with Gasteiger partial charge in [0.25, 0.3) is 0 Å². The number of likely N-dealkylation sites (N-methyl/N-ethyl adjacent to an activating group) is 2. The van der Waals surface area contributed by atoms with Crippen LogP contribution < -0.4 is 15.4 Å². The summed E-state index contributed by atoms with van der Waals surface area (Å²) in [5.74, 6) is -7.27. The number of nitrogens with one attached hydrogen (secondary N) is 2. The van der Waals surface area contributed by atoms with Crippen LogP contribution in [0.4, 0.5) is 13.2 Å². The van der Waals surface area contributed by atoms with Crippen molar-refractivity contribution in [1.82, 2.24) is 39.8 Å². The maximum atomic E-state index is 15.4. The molecule has 73 heavy (non-hydrogen) atoms. The number of hydrogen-bond acceptors (Lipinski definition) is 9. The third kappa shape index (κ3) is 14.4. The average molecular weight is 1050 g/mol. The zero-order chi connectivity index (χ0) is 53.3. The number of halogens is 5. The van der Waals surface area contributed by atoms with Gasteiger partial charge in [0, 0.05) is 87.0 Å². The van der Waals surface area contributed by atoms with Gasteiger partial charge in [0.05, 0.1) is 37.5 Å². The fraction of sp³-hybridized carbons (Fsp3) is 0.396. The highest BCUT2D eigenvalue weighted by molar-refractivity contribution is 6.31. The molecule has 0 radical (unpaired) electrons. The Kier molecular flexibility index (Phi) is 19.1. The van der Waals surface area contributed by atoms with Gasteiger partial charge in [-0.05, 0) is 107 Å². The Hall–Kier alpha value is -6.47. The lowest BCUT2D eigenvalue weighted by molar-refractivity contribution is -0.147. The molecule has 0 spiro atoms. The first kappa shape index (κ1) is 55.8. The molecule has 1 aliphatic rings. The zero-order valence-corrected chi connectivity index (χ0v) is 43.6. The number of benzene rings is 4. The van der Waals surface area contributed by atoms with Gasteiger partial charge in [-0.15, -0.1) is 0 Å². The van der Waals surface area contributed by atoms with Crippen molar-refractivity contribution in [2.24, 2.45) is 13.0 Å². The van der Waals surface area contributed by atoms with Crippen molar-refractivity contribution < 1.29 is 46.6 Å². The number of carbonyl (C=O) groups is 5. The van der Waals surface area contributed by atoms with E-state index in [1.165, 1.54) is 42.8 Å². The minimum absolute atomic E-state index is 0.0787. The minimum atomic E-state index is -1.48. The lowest BCUT2D eigenvalue weighted by atomic mass is 9.92. The van der Waals surface area contributed by atoms with Crippen LogP contribution in [0, 0.1) is 23.4 Å². The second-order valence-corrected chi connectivity index (χ2v) is 19.5. The molecule has 390 valence electrons. The summed E-state index contributed by atoms with van der Waals surface area (Å²) in [4.78, 5) is 82.7. The highest BCUT2D eigenvalue weighted by Crippen LogP contribution is 2.33. The van der Waals surface area contributed by atoms with Crippen molar-refractivity contribution in [3.63, 3.8) is 0 Å². The Morgan fingerprint density at radius 1 is 0.808 bits per heavy atom. The SMILES string of the molecule is COC[C@@H]1NC(=O)[C@H](C)N(Cc2ccc(Cl)cc2Oc2ccc(-c3cnc(CN(C)C)n3C)cc2)C(=O)C[C@@H](Cc2cc(F)cc(F)c2F)C(=O)N(C)[C@@H](C)CNC(=O)C[C@H](Cc2ccc(Cl)cc2)N(C)C1=O. The number of rotatable bonds is 13. The average Bonchev–Trinajstić information content (AvgIpc) is 3.71. The molecule has 5 amide bonds. The Labute approximate surface area is 433 Å². The van der Waals surface area contributed by atoms with Gasteiger partial charge in [0.15, 0.2) is 11.6 Å².